The van der Waals surface area contributed by atoms with Crippen LogP contribution in [-0.4, -0.2) is 20.2 Å². The van der Waals surface area contributed by atoms with Crippen LogP contribution in [0, 0.1) is 0 Å². The van der Waals surface area contributed by atoms with Crippen LogP contribution in [0.1, 0.15) is 12.0 Å². The second-order valence-electron chi connectivity index (χ2n) is 4.13. The Kier molecular flexibility index (Phi) is 3.32. The molecule has 0 fully saturated rings. The molecule has 0 saturated carbocycles. The molecule has 2 aromatic rings. The first-order chi connectivity index (χ1) is 8.58. The maximum Gasteiger partial charge on any atom is 0.332 e. The predicted octanol–water partition coefficient (Wildman–Crippen LogP) is 1.19. The number of nitrogens with zero attached hydrogens (tertiary/aromatic N) is 2. The van der Waals surface area contributed by atoms with Crippen molar-refractivity contribution in [2.24, 2.45) is 7.05 Å². The molecule has 1 aromatic heterocycles. The number of aromatic nitrogens is 2. The summed E-state index contributed by atoms with van der Waals surface area (Å²) in [5.41, 5.74) is 1.54. The zero-order chi connectivity index (χ0) is 13.1. The second-order valence-corrected chi connectivity index (χ2v) is 4.13. The average Bonchev–Trinajstić information content (AvgIpc) is 2.68. The number of imidazole rings is 1. The van der Waals surface area contributed by atoms with Crippen molar-refractivity contribution in [3.63, 3.8) is 0 Å². The fourth-order valence-corrected chi connectivity index (χ4v) is 1.77. The van der Waals surface area contributed by atoms with Crippen molar-refractivity contribution in [2.45, 2.75) is 12.8 Å². The molecule has 94 valence electrons. The van der Waals surface area contributed by atoms with Gasteiger partial charge in [-0.3, -0.25) is 9.36 Å². The smallest absolute Gasteiger partial charge is 0.332 e. The van der Waals surface area contributed by atoms with Gasteiger partial charge in [0.25, 0.3) is 0 Å². The molecule has 0 aliphatic heterocycles. The minimum absolute atomic E-state index is 0.0904. The van der Waals surface area contributed by atoms with Gasteiger partial charge in [-0.05, 0) is 24.1 Å². The van der Waals surface area contributed by atoms with Crippen molar-refractivity contribution < 1.29 is 9.90 Å². The Morgan fingerprint density at radius 2 is 2.11 bits per heavy atom. The number of carbonyl (C=O) groups is 1. The van der Waals surface area contributed by atoms with Crippen LogP contribution in [0.3, 0.4) is 0 Å². The lowest BCUT2D eigenvalue weighted by atomic mass is 10.1. The Morgan fingerprint density at radius 3 is 2.72 bits per heavy atom. The summed E-state index contributed by atoms with van der Waals surface area (Å²) in [6.45, 7) is 0. The third-order valence-electron chi connectivity index (χ3n) is 2.76. The first-order valence-electron chi connectivity index (χ1n) is 5.63. The van der Waals surface area contributed by atoms with E-state index in [0.29, 0.717) is 6.42 Å². The van der Waals surface area contributed by atoms with Gasteiger partial charge in [-0.25, -0.2) is 4.79 Å². The van der Waals surface area contributed by atoms with E-state index in [2.05, 4.69) is 0 Å². The molecule has 0 aliphatic rings. The zero-order valence-electron chi connectivity index (χ0n) is 10.0. The molecule has 1 N–H and O–H groups in total. The SMILES string of the molecule is Cn1ccn(-c2cccc(CCC(=O)O)c2)c1=O. The van der Waals surface area contributed by atoms with Gasteiger partial charge in [0.2, 0.25) is 0 Å². The number of aliphatic carboxylic acids is 1. The lowest BCUT2D eigenvalue weighted by molar-refractivity contribution is -0.136. The molecule has 0 unspecified atom stereocenters. The molecule has 1 heterocycles. The van der Waals surface area contributed by atoms with Crippen LogP contribution >= 0.6 is 0 Å². The number of carboxylic acid groups (broad SMARTS) is 1. The molecule has 18 heavy (non-hydrogen) atoms. The minimum atomic E-state index is -0.822. The Balaban J connectivity index is 2.30. The third kappa shape index (κ3) is 2.51. The van der Waals surface area contributed by atoms with Crippen molar-refractivity contribution in [3.8, 4) is 5.69 Å². The lowest BCUT2D eigenvalue weighted by Crippen LogP contribution is -2.20. The van der Waals surface area contributed by atoms with Gasteiger partial charge in [0.05, 0.1) is 5.69 Å². The van der Waals surface area contributed by atoms with E-state index in [9.17, 15) is 9.59 Å². The summed E-state index contributed by atoms with van der Waals surface area (Å²) in [4.78, 5) is 22.3. The number of aryl methyl sites for hydroxylation is 2. The molecule has 0 atom stereocenters. The summed E-state index contributed by atoms with van der Waals surface area (Å²) >= 11 is 0. The monoisotopic (exact) mass is 246 g/mol. The van der Waals surface area contributed by atoms with Crippen LogP contribution in [0.4, 0.5) is 0 Å². The highest BCUT2D eigenvalue weighted by Crippen LogP contribution is 2.10. The maximum absolute atomic E-state index is 11.8. The van der Waals surface area contributed by atoms with Gasteiger partial charge in [0.1, 0.15) is 0 Å². The standard InChI is InChI=1S/C13H14N2O3/c1-14-7-8-15(13(14)18)11-4-2-3-10(9-11)5-6-12(16)17/h2-4,7-9H,5-6H2,1H3,(H,16,17). The van der Waals surface area contributed by atoms with Gasteiger partial charge in [-0.1, -0.05) is 12.1 Å². The van der Waals surface area contributed by atoms with Crippen molar-refractivity contribution in [2.75, 3.05) is 0 Å². The summed E-state index contributed by atoms with van der Waals surface area (Å²) in [7, 11) is 1.69. The Bertz CT molecular complexity index is 625. The van der Waals surface area contributed by atoms with Gasteiger partial charge in [-0.2, -0.15) is 0 Å². The van der Waals surface area contributed by atoms with E-state index in [1.165, 1.54) is 9.13 Å². The molecule has 1 aromatic carbocycles. The van der Waals surface area contributed by atoms with Crippen LogP contribution < -0.4 is 5.69 Å². The molecule has 5 nitrogen and oxygen atoms in total. The summed E-state index contributed by atoms with van der Waals surface area (Å²) in [6.07, 6.45) is 3.93. The van der Waals surface area contributed by atoms with E-state index in [1.54, 1.807) is 19.4 Å². The lowest BCUT2D eigenvalue weighted by Gasteiger charge is -2.04. The second kappa shape index (κ2) is 4.91. The first kappa shape index (κ1) is 12.2. The van der Waals surface area contributed by atoms with E-state index in [4.69, 9.17) is 5.11 Å². The number of carboxylic acids is 1. The predicted molar refractivity (Wildman–Crippen MR) is 67.0 cm³/mol. The van der Waals surface area contributed by atoms with Gasteiger partial charge in [0.15, 0.2) is 0 Å². The van der Waals surface area contributed by atoms with Gasteiger partial charge in [-0.15, -0.1) is 0 Å². The zero-order valence-corrected chi connectivity index (χ0v) is 10.0. The highest BCUT2D eigenvalue weighted by Gasteiger charge is 2.04. The Hall–Kier alpha value is -2.30. The molecule has 2 rings (SSSR count). The molecule has 0 saturated heterocycles. The number of hydrogen-bond donors (Lipinski definition) is 1. The summed E-state index contributed by atoms with van der Waals surface area (Å²) in [5, 5.41) is 8.65. The number of rotatable bonds is 4. The van der Waals surface area contributed by atoms with E-state index in [-0.39, 0.29) is 12.1 Å². The molecule has 0 aliphatic carbocycles. The number of benzene rings is 1. The highest BCUT2D eigenvalue weighted by molar-refractivity contribution is 5.67. The van der Waals surface area contributed by atoms with Gasteiger partial charge >= 0.3 is 11.7 Å². The molecular formula is C13H14N2O3. The summed E-state index contributed by atoms with van der Waals surface area (Å²) in [5.74, 6) is -0.822. The van der Waals surface area contributed by atoms with Crippen molar-refractivity contribution in [1.82, 2.24) is 9.13 Å². The van der Waals surface area contributed by atoms with Gasteiger partial charge in [0, 0.05) is 25.9 Å². The van der Waals surface area contributed by atoms with Crippen LogP contribution in [-0.2, 0) is 18.3 Å². The average molecular weight is 246 g/mol. The van der Waals surface area contributed by atoms with E-state index in [1.807, 2.05) is 24.3 Å². The van der Waals surface area contributed by atoms with E-state index in [0.717, 1.165) is 11.3 Å². The molecule has 0 radical (unpaired) electrons. The first-order valence-corrected chi connectivity index (χ1v) is 5.63. The molecule has 5 heteroatoms. The summed E-state index contributed by atoms with van der Waals surface area (Å²) in [6, 6.07) is 7.35. The molecule has 0 amide bonds. The van der Waals surface area contributed by atoms with Crippen LogP contribution in [0.2, 0.25) is 0 Å². The maximum atomic E-state index is 11.8. The Morgan fingerprint density at radius 1 is 1.33 bits per heavy atom. The van der Waals surface area contributed by atoms with E-state index < -0.39 is 5.97 Å². The Labute approximate surface area is 104 Å². The molecular weight excluding hydrogens is 232 g/mol. The minimum Gasteiger partial charge on any atom is -0.481 e. The fraction of sp³-hybridized carbons (Fsp3) is 0.231. The third-order valence-corrected chi connectivity index (χ3v) is 2.76. The summed E-state index contributed by atoms with van der Waals surface area (Å²) < 4.78 is 3.02. The van der Waals surface area contributed by atoms with Crippen molar-refractivity contribution >= 4 is 5.97 Å². The normalized spacial score (nSPS) is 10.5. The van der Waals surface area contributed by atoms with Crippen molar-refractivity contribution in [1.29, 1.82) is 0 Å². The van der Waals surface area contributed by atoms with Crippen LogP contribution in [0.25, 0.3) is 5.69 Å². The number of hydrogen-bond acceptors (Lipinski definition) is 2. The quantitative estimate of drug-likeness (QED) is 0.881. The van der Waals surface area contributed by atoms with E-state index >= 15 is 0 Å². The molecule has 0 spiro atoms. The van der Waals surface area contributed by atoms with Crippen LogP contribution in [0.15, 0.2) is 41.5 Å². The van der Waals surface area contributed by atoms with Crippen molar-refractivity contribution in [3.05, 3.63) is 52.7 Å². The van der Waals surface area contributed by atoms with Crippen LogP contribution in [0.5, 0.6) is 0 Å². The van der Waals surface area contributed by atoms with Gasteiger partial charge < -0.3 is 9.67 Å². The largest absolute Gasteiger partial charge is 0.481 e. The topological polar surface area (TPSA) is 64.2 Å². The highest BCUT2D eigenvalue weighted by atomic mass is 16.4. The molecule has 0 bridgehead atoms. The fourth-order valence-electron chi connectivity index (χ4n) is 1.77.